The van der Waals surface area contributed by atoms with Gasteiger partial charge >= 0.3 is 0 Å². The zero-order valence-electron chi connectivity index (χ0n) is 13.0. The lowest BCUT2D eigenvalue weighted by molar-refractivity contribution is 0.638. The molecule has 0 aliphatic carbocycles. The summed E-state index contributed by atoms with van der Waals surface area (Å²) in [4.78, 5) is 0. The second-order valence-corrected chi connectivity index (χ2v) is 4.75. The van der Waals surface area contributed by atoms with Crippen LogP contribution in [0.3, 0.4) is 0 Å². The van der Waals surface area contributed by atoms with Gasteiger partial charge in [0.25, 0.3) is 0 Å². The molecule has 2 N–H and O–H groups in total. The first-order valence-corrected chi connectivity index (χ1v) is 7.28. The van der Waals surface area contributed by atoms with Gasteiger partial charge in [-0.2, -0.15) is 0 Å². The highest BCUT2D eigenvalue weighted by Crippen LogP contribution is 2.02. The highest BCUT2D eigenvalue weighted by molar-refractivity contribution is 5.23. The number of nitrogens with two attached hydrogens (primary N) is 1. The van der Waals surface area contributed by atoms with Crippen LogP contribution in [0.1, 0.15) is 66.2 Å². The van der Waals surface area contributed by atoms with Gasteiger partial charge in [-0.05, 0) is 38.8 Å². The predicted octanol–water partition coefficient (Wildman–Crippen LogP) is 5.39. The first kappa shape index (κ1) is 19.5. The number of allylic oxidation sites excluding steroid dienone is 5. The number of unbranched alkanes of at least 4 members (excludes halogenated alkanes) is 4. The second-order valence-electron chi connectivity index (χ2n) is 4.75. The zero-order chi connectivity index (χ0) is 14.2. The summed E-state index contributed by atoms with van der Waals surface area (Å²) >= 11 is 0. The molecule has 0 amide bonds. The van der Waals surface area contributed by atoms with Gasteiger partial charge in [-0.3, -0.25) is 0 Å². The molecule has 0 heterocycles. The molecule has 1 nitrogen and oxygen atoms in total. The average molecular weight is 251 g/mol. The maximum atomic E-state index is 5.31. The minimum absolute atomic E-state index is 0.865. The molecule has 0 saturated carbocycles. The number of hydrogen-bond donors (Lipinski definition) is 1. The van der Waals surface area contributed by atoms with E-state index in [-0.39, 0.29) is 0 Å². The first-order chi connectivity index (χ1) is 8.62. The van der Waals surface area contributed by atoms with E-state index in [1.807, 2.05) is 6.08 Å². The van der Waals surface area contributed by atoms with Crippen LogP contribution in [0.15, 0.2) is 36.0 Å². The summed E-state index contributed by atoms with van der Waals surface area (Å²) in [5.41, 5.74) is 7.93. The SMILES string of the molecule is C=C/C(=C\C=C(C)C)CC.CCCCCCCN. The molecule has 0 fully saturated rings. The summed E-state index contributed by atoms with van der Waals surface area (Å²) in [6, 6.07) is 0. The third-order valence-electron chi connectivity index (χ3n) is 2.61. The molecule has 0 aromatic rings. The molecule has 0 rings (SSSR count). The van der Waals surface area contributed by atoms with E-state index in [4.69, 9.17) is 5.73 Å². The van der Waals surface area contributed by atoms with E-state index in [1.165, 1.54) is 43.3 Å². The maximum absolute atomic E-state index is 5.31. The smallest absolute Gasteiger partial charge is 0.00773 e. The number of hydrogen-bond acceptors (Lipinski definition) is 1. The normalized spacial score (nSPS) is 10.4. The number of rotatable bonds is 8. The highest BCUT2D eigenvalue weighted by atomic mass is 14.5. The van der Waals surface area contributed by atoms with Crippen molar-refractivity contribution in [2.75, 3.05) is 6.54 Å². The quantitative estimate of drug-likeness (QED) is 0.454. The van der Waals surface area contributed by atoms with Gasteiger partial charge < -0.3 is 5.73 Å². The molecule has 0 aliphatic rings. The first-order valence-electron chi connectivity index (χ1n) is 7.28. The minimum atomic E-state index is 0.865. The van der Waals surface area contributed by atoms with E-state index in [0.717, 1.165) is 13.0 Å². The summed E-state index contributed by atoms with van der Waals surface area (Å²) in [5, 5.41) is 0. The van der Waals surface area contributed by atoms with E-state index in [2.05, 4.69) is 46.4 Å². The fraction of sp³-hybridized carbons (Fsp3) is 0.647. The summed E-state index contributed by atoms with van der Waals surface area (Å²) in [7, 11) is 0. The van der Waals surface area contributed by atoms with Crippen molar-refractivity contribution in [2.24, 2.45) is 5.73 Å². The second kappa shape index (κ2) is 16.2. The van der Waals surface area contributed by atoms with E-state index >= 15 is 0 Å². The zero-order valence-corrected chi connectivity index (χ0v) is 13.0. The van der Waals surface area contributed by atoms with Crippen LogP contribution in [-0.4, -0.2) is 6.54 Å². The third kappa shape index (κ3) is 17.6. The Labute approximate surface area is 115 Å². The fourth-order valence-electron chi connectivity index (χ4n) is 1.35. The molecule has 0 bridgehead atoms. The molecule has 106 valence electrons. The highest BCUT2D eigenvalue weighted by Gasteiger charge is 1.83. The Morgan fingerprint density at radius 1 is 1.00 bits per heavy atom. The van der Waals surface area contributed by atoms with Crippen molar-refractivity contribution in [1.29, 1.82) is 0 Å². The van der Waals surface area contributed by atoms with Gasteiger partial charge in [0.1, 0.15) is 0 Å². The van der Waals surface area contributed by atoms with Crippen LogP contribution in [0.25, 0.3) is 0 Å². The summed E-state index contributed by atoms with van der Waals surface area (Å²) in [6.45, 7) is 13.1. The molecular weight excluding hydrogens is 218 g/mol. The lowest BCUT2D eigenvalue weighted by Crippen LogP contribution is -1.97. The van der Waals surface area contributed by atoms with E-state index in [9.17, 15) is 0 Å². The molecule has 0 aliphatic heterocycles. The van der Waals surface area contributed by atoms with Gasteiger partial charge in [0, 0.05) is 0 Å². The lowest BCUT2D eigenvalue weighted by atomic mass is 10.2. The Kier molecular flexibility index (Phi) is 17.5. The summed E-state index contributed by atoms with van der Waals surface area (Å²) in [5.74, 6) is 0. The van der Waals surface area contributed by atoms with Crippen LogP contribution in [0.5, 0.6) is 0 Å². The maximum Gasteiger partial charge on any atom is -0.00773 e. The molecule has 0 aromatic carbocycles. The Balaban J connectivity index is 0. The van der Waals surface area contributed by atoms with E-state index in [0.29, 0.717) is 0 Å². The molecule has 0 radical (unpaired) electrons. The molecule has 0 saturated heterocycles. The van der Waals surface area contributed by atoms with Crippen molar-refractivity contribution in [2.45, 2.75) is 66.2 Å². The van der Waals surface area contributed by atoms with Crippen LogP contribution in [0.4, 0.5) is 0 Å². The molecular formula is C17H33N. The van der Waals surface area contributed by atoms with Crippen LogP contribution in [0.2, 0.25) is 0 Å². The third-order valence-corrected chi connectivity index (χ3v) is 2.61. The molecule has 0 aromatic heterocycles. The Morgan fingerprint density at radius 3 is 2.00 bits per heavy atom. The van der Waals surface area contributed by atoms with Gasteiger partial charge in [-0.25, -0.2) is 0 Å². The van der Waals surface area contributed by atoms with Gasteiger partial charge in [0.05, 0.1) is 0 Å². The Morgan fingerprint density at radius 2 is 1.61 bits per heavy atom. The van der Waals surface area contributed by atoms with Crippen molar-refractivity contribution < 1.29 is 0 Å². The minimum Gasteiger partial charge on any atom is -0.330 e. The molecule has 0 atom stereocenters. The average Bonchev–Trinajstić information content (AvgIpc) is 2.36. The molecule has 1 heteroatoms. The fourth-order valence-corrected chi connectivity index (χ4v) is 1.35. The standard InChI is InChI=1S/C10H16.C7H17N/c1-5-10(6-2)8-7-9(3)4;1-2-3-4-5-6-7-8/h5,7-8H,1,6H2,2-4H3;2-8H2,1H3/b10-8+;. The topological polar surface area (TPSA) is 26.0 Å². The van der Waals surface area contributed by atoms with Crippen LogP contribution in [-0.2, 0) is 0 Å². The van der Waals surface area contributed by atoms with Crippen molar-refractivity contribution in [3.63, 3.8) is 0 Å². The van der Waals surface area contributed by atoms with Crippen molar-refractivity contribution in [1.82, 2.24) is 0 Å². The van der Waals surface area contributed by atoms with E-state index < -0.39 is 0 Å². The molecule has 0 unspecified atom stereocenters. The van der Waals surface area contributed by atoms with E-state index in [1.54, 1.807) is 0 Å². The summed E-state index contributed by atoms with van der Waals surface area (Å²) < 4.78 is 0. The summed E-state index contributed by atoms with van der Waals surface area (Å²) in [6.07, 6.45) is 13.8. The van der Waals surface area contributed by atoms with Gasteiger partial charge in [0.2, 0.25) is 0 Å². The Bertz CT molecular complexity index is 226. The van der Waals surface area contributed by atoms with Crippen LogP contribution >= 0.6 is 0 Å². The Hall–Kier alpha value is -0.820. The van der Waals surface area contributed by atoms with Crippen LogP contribution in [0, 0.1) is 0 Å². The van der Waals surface area contributed by atoms with Gasteiger partial charge in [0.15, 0.2) is 0 Å². The van der Waals surface area contributed by atoms with Crippen LogP contribution < -0.4 is 5.73 Å². The largest absolute Gasteiger partial charge is 0.330 e. The molecule has 18 heavy (non-hydrogen) atoms. The van der Waals surface area contributed by atoms with Crippen molar-refractivity contribution in [3.8, 4) is 0 Å². The lowest BCUT2D eigenvalue weighted by Gasteiger charge is -1.93. The van der Waals surface area contributed by atoms with Crippen molar-refractivity contribution >= 4 is 0 Å². The van der Waals surface area contributed by atoms with Gasteiger partial charge in [-0.15, -0.1) is 0 Å². The molecule has 0 spiro atoms. The van der Waals surface area contributed by atoms with Crippen molar-refractivity contribution in [3.05, 3.63) is 36.0 Å². The van der Waals surface area contributed by atoms with Gasteiger partial charge in [-0.1, -0.05) is 69.9 Å². The monoisotopic (exact) mass is 251 g/mol. The predicted molar refractivity (Wildman–Crippen MR) is 85.8 cm³/mol.